The molecule has 1 heterocycles. The normalized spacial score (nSPS) is 18.1. The van der Waals surface area contributed by atoms with Gasteiger partial charge in [-0.3, -0.25) is 0 Å². The van der Waals surface area contributed by atoms with Crippen LogP contribution in [0.5, 0.6) is 0 Å². The molecule has 66 valence electrons. The first kappa shape index (κ1) is 8.07. The van der Waals surface area contributed by atoms with Gasteiger partial charge in [0.1, 0.15) is 0 Å². The zero-order valence-electron chi connectivity index (χ0n) is 6.12. The molecule has 12 heavy (non-hydrogen) atoms. The molecule has 0 bridgehead atoms. The Morgan fingerprint density at radius 2 is 2.25 bits per heavy atom. The molecule has 4 nitrogen and oxygen atoms in total. The summed E-state index contributed by atoms with van der Waals surface area (Å²) < 4.78 is 21.5. The second kappa shape index (κ2) is 2.47. The van der Waals surface area contributed by atoms with Crippen molar-refractivity contribution < 1.29 is 8.42 Å². The van der Waals surface area contributed by atoms with Gasteiger partial charge in [0.2, 0.25) is 5.16 Å². The lowest BCUT2D eigenvalue weighted by molar-refractivity contribution is 0.602. The minimum atomic E-state index is -3.68. The molecule has 1 N–H and O–H groups in total. The number of nitrogens with one attached hydrogen (secondary N) is 1. The van der Waals surface area contributed by atoms with Crippen LogP contribution in [-0.2, 0) is 9.05 Å². The number of aromatic amines is 1. The van der Waals surface area contributed by atoms with Gasteiger partial charge in [-0.1, -0.05) is 0 Å². The molecule has 2 rings (SSSR count). The Kier molecular flexibility index (Phi) is 1.66. The molecule has 1 saturated carbocycles. The predicted octanol–water partition coefficient (Wildman–Crippen LogP) is 1.21. The number of halogens is 1. The van der Waals surface area contributed by atoms with Gasteiger partial charge in [-0.05, 0) is 12.8 Å². The van der Waals surface area contributed by atoms with Crippen LogP contribution in [-0.4, -0.2) is 18.4 Å². The fourth-order valence-electron chi connectivity index (χ4n) is 1.04. The predicted molar refractivity (Wildman–Crippen MR) is 43.6 cm³/mol. The summed E-state index contributed by atoms with van der Waals surface area (Å²) in [6.07, 6.45) is 3.74. The highest BCUT2D eigenvalue weighted by atomic mass is 35.7. The number of H-pyrrole nitrogens is 1. The second-order valence-corrected chi connectivity index (χ2v) is 5.34. The number of rotatable bonds is 2. The quantitative estimate of drug-likeness (QED) is 0.740. The highest BCUT2D eigenvalue weighted by Gasteiger charge is 2.27. The van der Waals surface area contributed by atoms with E-state index in [4.69, 9.17) is 10.7 Å². The average molecular weight is 207 g/mol. The standard InChI is InChI=1S/C6H7ClN2O2S/c7-12(10,11)6-8-3-5(9-6)4-1-2-4/h3-4H,1-2H2,(H,8,9). The zero-order chi connectivity index (χ0) is 8.77. The maximum Gasteiger partial charge on any atom is 0.294 e. The fourth-order valence-corrected chi connectivity index (χ4v) is 1.70. The number of nitrogens with zero attached hydrogens (tertiary/aromatic N) is 1. The van der Waals surface area contributed by atoms with Crippen LogP contribution in [0.25, 0.3) is 0 Å². The summed E-state index contributed by atoms with van der Waals surface area (Å²) in [6.45, 7) is 0. The van der Waals surface area contributed by atoms with E-state index in [1.54, 1.807) is 0 Å². The van der Waals surface area contributed by atoms with Crippen LogP contribution >= 0.6 is 10.7 Å². The summed E-state index contributed by atoms with van der Waals surface area (Å²) in [7, 11) is 1.39. The minimum absolute atomic E-state index is 0.147. The highest BCUT2D eigenvalue weighted by Crippen LogP contribution is 2.39. The molecule has 0 unspecified atom stereocenters. The summed E-state index contributed by atoms with van der Waals surface area (Å²) >= 11 is 0. The fraction of sp³-hybridized carbons (Fsp3) is 0.500. The molecule has 0 aliphatic heterocycles. The van der Waals surface area contributed by atoms with Crippen molar-refractivity contribution in [2.75, 3.05) is 0 Å². The SMILES string of the molecule is O=S(=O)(Cl)c1ncc(C2CC2)[nH]1. The Morgan fingerprint density at radius 3 is 2.67 bits per heavy atom. The van der Waals surface area contributed by atoms with Crippen molar-refractivity contribution >= 4 is 19.7 Å². The molecule has 0 saturated heterocycles. The van der Waals surface area contributed by atoms with Gasteiger partial charge in [-0.2, -0.15) is 0 Å². The summed E-state index contributed by atoms with van der Waals surface area (Å²) in [5.74, 6) is 0.463. The van der Waals surface area contributed by atoms with Gasteiger partial charge < -0.3 is 4.98 Å². The van der Waals surface area contributed by atoms with Crippen LogP contribution in [0.2, 0.25) is 0 Å². The highest BCUT2D eigenvalue weighted by molar-refractivity contribution is 8.13. The molecular weight excluding hydrogens is 200 g/mol. The van der Waals surface area contributed by atoms with Gasteiger partial charge in [-0.25, -0.2) is 13.4 Å². The van der Waals surface area contributed by atoms with Crippen molar-refractivity contribution in [3.05, 3.63) is 11.9 Å². The van der Waals surface area contributed by atoms with E-state index in [0.29, 0.717) is 5.92 Å². The van der Waals surface area contributed by atoms with Gasteiger partial charge in [0.25, 0.3) is 9.05 Å². The van der Waals surface area contributed by atoms with Crippen molar-refractivity contribution in [3.8, 4) is 0 Å². The van der Waals surface area contributed by atoms with E-state index in [-0.39, 0.29) is 5.16 Å². The van der Waals surface area contributed by atoms with E-state index in [9.17, 15) is 8.42 Å². The molecule has 1 fully saturated rings. The lowest BCUT2D eigenvalue weighted by Gasteiger charge is -1.88. The summed E-state index contributed by atoms with van der Waals surface area (Å²) in [4.78, 5) is 6.36. The van der Waals surface area contributed by atoms with Crippen molar-refractivity contribution in [2.24, 2.45) is 0 Å². The molecule has 1 aromatic rings. The maximum absolute atomic E-state index is 10.8. The third kappa shape index (κ3) is 1.47. The summed E-state index contributed by atoms with van der Waals surface area (Å²) in [5.41, 5.74) is 0.870. The topological polar surface area (TPSA) is 62.8 Å². The van der Waals surface area contributed by atoms with Crippen LogP contribution < -0.4 is 0 Å². The molecule has 6 heteroatoms. The number of hydrogen-bond acceptors (Lipinski definition) is 3. The van der Waals surface area contributed by atoms with Crippen LogP contribution in [0.1, 0.15) is 24.5 Å². The Hall–Kier alpha value is -0.550. The van der Waals surface area contributed by atoms with E-state index in [0.717, 1.165) is 18.5 Å². The van der Waals surface area contributed by atoms with Crippen LogP contribution in [0.4, 0.5) is 0 Å². The van der Waals surface area contributed by atoms with Gasteiger partial charge in [0, 0.05) is 28.5 Å². The van der Waals surface area contributed by atoms with E-state index < -0.39 is 9.05 Å². The molecule has 1 aromatic heterocycles. The van der Waals surface area contributed by atoms with Crippen molar-refractivity contribution in [1.82, 2.24) is 9.97 Å². The molecule has 0 radical (unpaired) electrons. The number of hydrogen-bond donors (Lipinski definition) is 1. The second-order valence-electron chi connectivity index (χ2n) is 2.86. The first-order valence-corrected chi connectivity index (χ1v) is 5.88. The third-order valence-corrected chi connectivity index (χ3v) is 2.93. The monoisotopic (exact) mass is 206 g/mol. The summed E-state index contributed by atoms with van der Waals surface area (Å²) in [6, 6.07) is 0. The van der Waals surface area contributed by atoms with E-state index in [2.05, 4.69) is 9.97 Å². The van der Waals surface area contributed by atoms with Crippen LogP contribution in [0.15, 0.2) is 11.4 Å². The lowest BCUT2D eigenvalue weighted by atomic mass is 10.3. The van der Waals surface area contributed by atoms with Gasteiger partial charge >= 0.3 is 0 Å². The Labute approximate surface area is 74.4 Å². The molecule has 0 atom stereocenters. The van der Waals surface area contributed by atoms with Crippen LogP contribution in [0.3, 0.4) is 0 Å². The first-order chi connectivity index (χ1) is 5.57. The molecule has 0 aromatic carbocycles. The lowest BCUT2D eigenvalue weighted by Crippen LogP contribution is -1.93. The average Bonchev–Trinajstić information content (AvgIpc) is 2.66. The molecule has 0 spiro atoms. The van der Waals surface area contributed by atoms with Gasteiger partial charge in [0.15, 0.2) is 0 Å². The van der Waals surface area contributed by atoms with E-state index >= 15 is 0 Å². The molecular formula is C6H7ClN2O2S. The smallest absolute Gasteiger partial charge is 0.294 e. The largest absolute Gasteiger partial charge is 0.331 e. The van der Waals surface area contributed by atoms with E-state index in [1.807, 2.05) is 0 Å². The number of imidazole rings is 1. The van der Waals surface area contributed by atoms with Crippen molar-refractivity contribution in [3.63, 3.8) is 0 Å². The third-order valence-electron chi connectivity index (χ3n) is 1.82. The van der Waals surface area contributed by atoms with E-state index in [1.165, 1.54) is 6.20 Å². The first-order valence-electron chi connectivity index (χ1n) is 3.57. The number of aromatic nitrogens is 2. The van der Waals surface area contributed by atoms with Crippen molar-refractivity contribution in [2.45, 2.75) is 23.9 Å². The molecule has 1 aliphatic carbocycles. The summed E-state index contributed by atoms with van der Waals surface area (Å²) in [5, 5.41) is -0.147. The van der Waals surface area contributed by atoms with Crippen LogP contribution in [0, 0.1) is 0 Å². The maximum atomic E-state index is 10.8. The van der Waals surface area contributed by atoms with Gasteiger partial charge in [-0.15, -0.1) is 0 Å². The Balaban J connectivity index is 2.35. The Morgan fingerprint density at radius 1 is 1.58 bits per heavy atom. The zero-order valence-corrected chi connectivity index (χ0v) is 7.69. The molecule has 0 amide bonds. The molecule has 1 aliphatic rings. The van der Waals surface area contributed by atoms with Gasteiger partial charge in [0.05, 0.1) is 0 Å². The van der Waals surface area contributed by atoms with Crippen molar-refractivity contribution in [1.29, 1.82) is 0 Å². The Bertz CT molecular complexity index is 393. The minimum Gasteiger partial charge on any atom is -0.331 e.